The number of nitrogens with two attached hydrogens (primary N) is 1. The van der Waals surface area contributed by atoms with E-state index in [0.29, 0.717) is 17.8 Å². The van der Waals surface area contributed by atoms with E-state index in [1.807, 2.05) is 13.2 Å². The van der Waals surface area contributed by atoms with Gasteiger partial charge < -0.3 is 10.2 Å². The molecule has 0 atom stereocenters. The van der Waals surface area contributed by atoms with Crippen LogP contribution in [-0.2, 0) is 7.05 Å². The number of anilines is 4. The Morgan fingerprint density at radius 2 is 1.86 bits per heavy atom. The second kappa shape index (κ2) is 5.92. The molecule has 112 valence electrons. The lowest BCUT2D eigenvalue weighted by atomic mass is 10.1. The second-order valence-electron chi connectivity index (χ2n) is 5.00. The van der Waals surface area contributed by atoms with E-state index in [0.717, 1.165) is 31.6 Å². The normalized spacial score (nSPS) is 15.0. The van der Waals surface area contributed by atoms with Crippen LogP contribution < -0.4 is 21.5 Å². The van der Waals surface area contributed by atoms with Gasteiger partial charge in [-0.3, -0.25) is 10.1 Å². The molecule has 0 amide bonds. The first kappa shape index (κ1) is 13.6. The van der Waals surface area contributed by atoms with Gasteiger partial charge in [0.25, 0.3) is 0 Å². The van der Waals surface area contributed by atoms with Crippen molar-refractivity contribution in [2.75, 3.05) is 28.7 Å². The Bertz CT molecular complexity index is 603. The number of hydrogen-bond acceptors (Lipinski definition) is 8. The number of rotatable bonds is 4. The third-order valence-electron chi connectivity index (χ3n) is 3.35. The summed E-state index contributed by atoms with van der Waals surface area (Å²) < 4.78 is 1.71. The molecule has 0 radical (unpaired) electrons. The van der Waals surface area contributed by atoms with Crippen LogP contribution in [0.2, 0.25) is 0 Å². The van der Waals surface area contributed by atoms with Crippen molar-refractivity contribution >= 4 is 23.5 Å². The Balaban J connectivity index is 1.85. The van der Waals surface area contributed by atoms with Gasteiger partial charge >= 0.3 is 0 Å². The fourth-order valence-electron chi connectivity index (χ4n) is 2.34. The Hall–Kier alpha value is -2.42. The van der Waals surface area contributed by atoms with E-state index in [9.17, 15) is 0 Å². The number of aromatic nitrogens is 5. The van der Waals surface area contributed by atoms with Crippen LogP contribution in [-0.4, -0.2) is 37.8 Å². The van der Waals surface area contributed by atoms with Gasteiger partial charge in [0.05, 0.1) is 11.9 Å². The molecule has 9 nitrogen and oxygen atoms in total. The molecule has 2 aromatic rings. The van der Waals surface area contributed by atoms with E-state index in [1.165, 1.54) is 6.42 Å². The van der Waals surface area contributed by atoms with Crippen LogP contribution in [0, 0.1) is 0 Å². The summed E-state index contributed by atoms with van der Waals surface area (Å²) in [7, 11) is 1.85. The molecule has 21 heavy (non-hydrogen) atoms. The van der Waals surface area contributed by atoms with Gasteiger partial charge in [0.15, 0.2) is 0 Å². The summed E-state index contributed by atoms with van der Waals surface area (Å²) in [6.07, 6.45) is 7.12. The first-order chi connectivity index (χ1) is 10.2. The summed E-state index contributed by atoms with van der Waals surface area (Å²) >= 11 is 0. The van der Waals surface area contributed by atoms with E-state index in [1.54, 1.807) is 10.9 Å². The van der Waals surface area contributed by atoms with Gasteiger partial charge in [-0.1, -0.05) is 0 Å². The Labute approximate surface area is 122 Å². The highest BCUT2D eigenvalue weighted by Gasteiger charge is 2.16. The molecule has 1 fully saturated rings. The topological polar surface area (TPSA) is 110 Å². The van der Waals surface area contributed by atoms with Gasteiger partial charge in [-0.15, -0.1) is 0 Å². The van der Waals surface area contributed by atoms with Gasteiger partial charge in [0, 0.05) is 26.3 Å². The number of piperidine rings is 1. The van der Waals surface area contributed by atoms with Crippen molar-refractivity contribution in [3.8, 4) is 0 Å². The third kappa shape index (κ3) is 3.19. The number of hydrazine groups is 1. The minimum atomic E-state index is 0.344. The largest absolute Gasteiger partial charge is 0.341 e. The zero-order valence-electron chi connectivity index (χ0n) is 12.0. The van der Waals surface area contributed by atoms with Gasteiger partial charge in [0.1, 0.15) is 0 Å². The molecule has 2 aromatic heterocycles. The van der Waals surface area contributed by atoms with Crippen LogP contribution in [0.25, 0.3) is 0 Å². The Kier molecular flexibility index (Phi) is 3.82. The van der Waals surface area contributed by atoms with Crippen LogP contribution in [0.5, 0.6) is 0 Å². The number of nitrogens with zero attached hydrogens (tertiary/aromatic N) is 6. The number of hydrogen-bond donors (Lipinski definition) is 3. The molecule has 0 bridgehead atoms. The van der Waals surface area contributed by atoms with Crippen molar-refractivity contribution in [1.82, 2.24) is 24.7 Å². The monoisotopic (exact) mass is 289 g/mol. The van der Waals surface area contributed by atoms with Crippen LogP contribution in [0.1, 0.15) is 19.3 Å². The van der Waals surface area contributed by atoms with Crippen molar-refractivity contribution in [2.24, 2.45) is 12.9 Å². The molecule has 4 N–H and O–H groups in total. The Morgan fingerprint density at radius 1 is 1.10 bits per heavy atom. The Morgan fingerprint density at radius 3 is 2.52 bits per heavy atom. The molecule has 9 heteroatoms. The zero-order chi connectivity index (χ0) is 14.7. The minimum Gasteiger partial charge on any atom is -0.341 e. The van der Waals surface area contributed by atoms with Crippen molar-refractivity contribution < 1.29 is 0 Å². The second-order valence-corrected chi connectivity index (χ2v) is 5.00. The highest BCUT2D eigenvalue weighted by Crippen LogP contribution is 2.20. The summed E-state index contributed by atoms with van der Waals surface area (Å²) in [6, 6.07) is 0. The first-order valence-electron chi connectivity index (χ1n) is 6.98. The van der Waals surface area contributed by atoms with Gasteiger partial charge in [-0.05, 0) is 19.3 Å². The van der Waals surface area contributed by atoms with Crippen molar-refractivity contribution in [2.45, 2.75) is 19.3 Å². The zero-order valence-corrected chi connectivity index (χ0v) is 12.0. The fraction of sp³-hybridized carbons (Fsp3) is 0.500. The van der Waals surface area contributed by atoms with Gasteiger partial charge in [-0.2, -0.15) is 20.1 Å². The smallest absolute Gasteiger partial charge is 0.243 e. The van der Waals surface area contributed by atoms with E-state index < -0.39 is 0 Å². The molecule has 0 aliphatic carbocycles. The third-order valence-corrected chi connectivity index (χ3v) is 3.35. The standard InChI is InChI=1S/C12H19N9/c1-20-8-9(7-14-20)15-10-16-11(19-13)18-12(17-10)21-5-3-2-4-6-21/h7-8H,2-6,13H2,1H3,(H2,15,16,17,18,19). The molecule has 0 spiro atoms. The van der Waals surface area contributed by atoms with Crippen LogP contribution in [0.4, 0.5) is 23.5 Å². The summed E-state index contributed by atoms with van der Waals surface area (Å²) in [5.41, 5.74) is 3.30. The molecule has 1 aliphatic rings. The maximum absolute atomic E-state index is 5.45. The lowest BCUT2D eigenvalue weighted by Gasteiger charge is -2.26. The maximum Gasteiger partial charge on any atom is 0.243 e. The predicted molar refractivity (Wildman–Crippen MR) is 80.2 cm³/mol. The fourth-order valence-corrected chi connectivity index (χ4v) is 2.34. The number of aryl methyl sites for hydroxylation is 1. The number of nitrogens with one attached hydrogen (secondary N) is 2. The van der Waals surface area contributed by atoms with E-state index in [-0.39, 0.29) is 0 Å². The summed E-state index contributed by atoms with van der Waals surface area (Å²) in [5.74, 6) is 6.89. The van der Waals surface area contributed by atoms with Crippen molar-refractivity contribution in [3.05, 3.63) is 12.4 Å². The molecule has 0 saturated carbocycles. The van der Waals surface area contributed by atoms with Gasteiger partial charge in [-0.25, -0.2) is 5.84 Å². The minimum absolute atomic E-state index is 0.344. The molecule has 1 aliphatic heterocycles. The van der Waals surface area contributed by atoms with E-state index in [4.69, 9.17) is 5.84 Å². The summed E-state index contributed by atoms with van der Waals surface area (Å²) in [4.78, 5) is 15.2. The summed E-state index contributed by atoms with van der Waals surface area (Å²) in [5, 5.41) is 7.21. The lowest BCUT2D eigenvalue weighted by molar-refractivity contribution is 0.568. The van der Waals surface area contributed by atoms with Crippen molar-refractivity contribution in [1.29, 1.82) is 0 Å². The highest BCUT2D eigenvalue weighted by molar-refractivity contribution is 5.53. The molecule has 3 rings (SSSR count). The number of nitrogen functional groups attached to an aromatic ring is 1. The predicted octanol–water partition coefficient (Wildman–Crippen LogP) is 0.625. The van der Waals surface area contributed by atoms with Crippen LogP contribution in [0.3, 0.4) is 0 Å². The van der Waals surface area contributed by atoms with Gasteiger partial charge in [0.2, 0.25) is 17.8 Å². The SMILES string of the molecule is Cn1cc(Nc2nc(NN)nc(N3CCCCC3)n2)cn1. The maximum atomic E-state index is 5.45. The molecular weight excluding hydrogens is 270 g/mol. The first-order valence-corrected chi connectivity index (χ1v) is 6.98. The molecule has 1 saturated heterocycles. The molecular formula is C12H19N9. The average Bonchev–Trinajstić information content (AvgIpc) is 2.93. The quantitative estimate of drug-likeness (QED) is 0.555. The van der Waals surface area contributed by atoms with E-state index >= 15 is 0 Å². The summed E-state index contributed by atoms with van der Waals surface area (Å²) in [6.45, 7) is 1.92. The molecule has 0 unspecified atom stereocenters. The van der Waals surface area contributed by atoms with E-state index in [2.05, 4.69) is 35.7 Å². The molecule has 0 aromatic carbocycles. The van der Waals surface area contributed by atoms with Crippen LogP contribution in [0.15, 0.2) is 12.4 Å². The highest BCUT2D eigenvalue weighted by atomic mass is 15.4. The average molecular weight is 289 g/mol. The lowest BCUT2D eigenvalue weighted by Crippen LogP contribution is -2.31. The molecule has 3 heterocycles. The van der Waals surface area contributed by atoms with Crippen molar-refractivity contribution in [3.63, 3.8) is 0 Å². The van der Waals surface area contributed by atoms with Crippen LogP contribution >= 0.6 is 0 Å².